The molecule has 0 spiro atoms. The molecule has 0 unspecified atom stereocenters. The fourth-order valence-corrected chi connectivity index (χ4v) is 0. The zero-order chi connectivity index (χ0) is 5.21. The zero-order valence-corrected chi connectivity index (χ0v) is 6.43. The first-order valence-electron chi connectivity index (χ1n) is 2.14. The van der Waals surface area contributed by atoms with Crippen LogP contribution in [-0.4, -0.2) is 13.5 Å². The Kier molecular flexibility index (Phi) is 2.22. The summed E-state index contributed by atoms with van der Waals surface area (Å²) >= 11 is 4.85. The van der Waals surface area contributed by atoms with E-state index in [0.717, 1.165) is 5.38 Å². The average molecular weight is 119 g/mol. The quantitative estimate of drug-likeness (QED) is 0.463. The Labute approximate surface area is 46.4 Å². The maximum absolute atomic E-state index is 4.85. The van der Waals surface area contributed by atoms with E-state index in [1.165, 1.54) is 0 Å². The van der Waals surface area contributed by atoms with Gasteiger partial charge in [0.25, 0.3) is 0 Å². The highest BCUT2D eigenvalue weighted by Gasteiger charge is 2.08. The van der Waals surface area contributed by atoms with E-state index in [1.807, 2.05) is 0 Å². The van der Waals surface area contributed by atoms with Crippen molar-refractivity contribution in [1.82, 2.24) is 0 Å². The lowest BCUT2D eigenvalue weighted by molar-refractivity contribution is 1.68. The Hall–Kier alpha value is 0.567. The van der Waals surface area contributed by atoms with Crippen molar-refractivity contribution in [2.45, 2.75) is 19.6 Å². The molecular weight excluding hydrogens is 108 g/mol. The van der Waals surface area contributed by atoms with Crippen LogP contribution in [0.4, 0.5) is 0 Å². The Morgan fingerprint density at radius 2 is 1.50 bits per heavy atom. The predicted molar refractivity (Wildman–Crippen MR) is 35.8 cm³/mol. The van der Waals surface area contributed by atoms with Crippen molar-refractivity contribution in [3.05, 3.63) is 0 Å². The second-order valence-corrected chi connectivity index (χ2v) is 8.98. The molecule has 0 bridgehead atoms. The summed E-state index contributed by atoms with van der Waals surface area (Å²) in [5, 5.41) is 0.993. The summed E-state index contributed by atoms with van der Waals surface area (Å²) in [7, 11) is -0.816. The van der Waals surface area contributed by atoms with E-state index >= 15 is 0 Å². The van der Waals surface area contributed by atoms with Gasteiger partial charge in [0.05, 0.1) is 8.07 Å². The molecule has 0 aliphatic rings. The Balaban J connectivity index is 3.17. The van der Waals surface area contributed by atoms with Gasteiger partial charge in [0.1, 0.15) is 0 Å². The summed E-state index contributed by atoms with van der Waals surface area (Å²) in [4.78, 5) is 0. The number of hydrogen-bond donors (Lipinski definition) is 0. The van der Waals surface area contributed by atoms with E-state index in [4.69, 9.17) is 12.6 Å². The third kappa shape index (κ3) is 4.57. The first-order valence-corrected chi connectivity index (χ1v) is 6.43. The van der Waals surface area contributed by atoms with Gasteiger partial charge in [-0.1, -0.05) is 32.3 Å². The van der Waals surface area contributed by atoms with Crippen molar-refractivity contribution < 1.29 is 0 Å². The predicted octanol–water partition coefficient (Wildman–Crippen LogP) is 2.06. The van der Waals surface area contributed by atoms with Gasteiger partial charge in [-0.15, -0.1) is 0 Å². The fourth-order valence-electron chi connectivity index (χ4n) is 0. The minimum atomic E-state index is -0.816. The van der Waals surface area contributed by atoms with Gasteiger partial charge in [-0.25, -0.2) is 0 Å². The standard InChI is InChI=1S/C4H11SSi/c1-6(2,3)4-5/h4H2,1-3H3. The summed E-state index contributed by atoms with van der Waals surface area (Å²) in [5.41, 5.74) is 0. The molecule has 0 amide bonds. The molecule has 6 heavy (non-hydrogen) atoms. The summed E-state index contributed by atoms with van der Waals surface area (Å²) in [6.07, 6.45) is 0. The van der Waals surface area contributed by atoms with Crippen LogP contribution in [0.15, 0.2) is 0 Å². The van der Waals surface area contributed by atoms with Crippen LogP contribution in [0.3, 0.4) is 0 Å². The van der Waals surface area contributed by atoms with E-state index in [1.54, 1.807) is 0 Å². The molecule has 0 aliphatic carbocycles. The van der Waals surface area contributed by atoms with Gasteiger partial charge in [-0.3, -0.25) is 0 Å². The van der Waals surface area contributed by atoms with Crippen molar-refractivity contribution in [2.24, 2.45) is 0 Å². The molecule has 0 saturated heterocycles. The van der Waals surface area contributed by atoms with Crippen molar-refractivity contribution in [3.63, 3.8) is 0 Å². The van der Waals surface area contributed by atoms with E-state index in [-0.39, 0.29) is 0 Å². The number of rotatable bonds is 1. The van der Waals surface area contributed by atoms with Crippen LogP contribution in [0, 0.1) is 0 Å². The van der Waals surface area contributed by atoms with Crippen LogP contribution in [0.5, 0.6) is 0 Å². The van der Waals surface area contributed by atoms with Crippen LogP contribution in [0.25, 0.3) is 0 Å². The lowest BCUT2D eigenvalue weighted by Crippen LogP contribution is -2.21. The molecule has 0 aliphatic heterocycles. The maximum atomic E-state index is 4.85. The van der Waals surface area contributed by atoms with Crippen molar-refractivity contribution in [3.8, 4) is 0 Å². The summed E-state index contributed by atoms with van der Waals surface area (Å²) < 4.78 is 0. The molecule has 0 aromatic carbocycles. The van der Waals surface area contributed by atoms with Crippen LogP contribution >= 0.6 is 12.6 Å². The largest absolute Gasteiger partial charge is 0.0975 e. The second kappa shape index (κ2) is 2.03. The minimum absolute atomic E-state index is 0.816. The van der Waals surface area contributed by atoms with Gasteiger partial charge in [-0.05, 0) is 5.38 Å². The highest BCUT2D eigenvalue weighted by Crippen LogP contribution is 2.00. The molecular formula is C4H11SSi. The van der Waals surface area contributed by atoms with Gasteiger partial charge in [0.2, 0.25) is 0 Å². The SMILES string of the molecule is C[Si](C)(C)C[S]. The van der Waals surface area contributed by atoms with Gasteiger partial charge < -0.3 is 0 Å². The van der Waals surface area contributed by atoms with E-state index in [0.29, 0.717) is 0 Å². The second-order valence-electron chi connectivity index (χ2n) is 2.70. The molecule has 0 rings (SSSR count). The molecule has 0 aromatic heterocycles. The Morgan fingerprint density at radius 1 is 1.33 bits per heavy atom. The molecule has 37 valence electrons. The Bertz CT molecular complexity index is 37.3. The molecule has 2 heteroatoms. The lowest BCUT2D eigenvalue weighted by atomic mass is 11.8. The van der Waals surface area contributed by atoms with Crippen molar-refractivity contribution in [1.29, 1.82) is 0 Å². The zero-order valence-electron chi connectivity index (χ0n) is 4.62. The number of hydrogen-bond acceptors (Lipinski definition) is 0. The van der Waals surface area contributed by atoms with E-state index < -0.39 is 8.07 Å². The topological polar surface area (TPSA) is 0 Å². The molecule has 1 radical (unpaired) electrons. The van der Waals surface area contributed by atoms with Crippen LogP contribution in [-0.2, 0) is 0 Å². The molecule has 0 saturated carbocycles. The van der Waals surface area contributed by atoms with Crippen LogP contribution in [0.2, 0.25) is 19.6 Å². The van der Waals surface area contributed by atoms with Gasteiger partial charge in [0, 0.05) is 0 Å². The van der Waals surface area contributed by atoms with Gasteiger partial charge in [0.15, 0.2) is 0 Å². The molecule has 0 N–H and O–H groups in total. The van der Waals surface area contributed by atoms with Crippen LogP contribution < -0.4 is 0 Å². The van der Waals surface area contributed by atoms with Crippen molar-refractivity contribution >= 4 is 20.7 Å². The minimum Gasteiger partial charge on any atom is -0.0975 e. The third-order valence-electron chi connectivity index (χ3n) is 0.433. The van der Waals surface area contributed by atoms with Crippen molar-refractivity contribution in [2.75, 3.05) is 5.38 Å². The molecule has 0 heterocycles. The van der Waals surface area contributed by atoms with Gasteiger partial charge >= 0.3 is 0 Å². The molecule has 0 aromatic rings. The van der Waals surface area contributed by atoms with E-state index in [9.17, 15) is 0 Å². The summed E-state index contributed by atoms with van der Waals surface area (Å²) in [6.45, 7) is 6.83. The molecule has 0 fully saturated rings. The highest BCUT2D eigenvalue weighted by molar-refractivity contribution is 7.82. The monoisotopic (exact) mass is 119 g/mol. The molecule has 0 nitrogen and oxygen atoms in total. The normalized spacial score (nSPS) is 12.0. The first kappa shape index (κ1) is 6.57. The molecule has 0 atom stereocenters. The lowest BCUT2D eigenvalue weighted by Gasteiger charge is -2.07. The Morgan fingerprint density at radius 3 is 1.50 bits per heavy atom. The van der Waals surface area contributed by atoms with Gasteiger partial charge in [-0.2, -0.15) is 0 Å². The van der Waals surface area contributed by atoms with E-state index in [2.05, 4.69) is 19.6 Å². The first-order chi connectivity index (χ1) is 2.56. The smallest absolute Gasteiger partial charge is 0.0559 e. The fraction of sp³-hybridized carbons (Fsp3) is 1.00. The summed E-state index contributed by atoms with van der Waals surface area (Å²) in [6, 6.07) is 0. The summed E-state index contributed by atoms with van der Waals surface area (Å²) in [5.74, 6) is 0. The van der Waals surface area contributed by atoms with Crippen LogP contribution in [0.1, 0.15) is 0 Å². The average Bonchev–Trinajstić information content (AvgIpc) is 1.35. The highest BCUT2D eigenvalue weighted by atomic mass is 32.1. The maximum Gasteiger partial charge on any atom is 0.0559 e. The third-order valence-corrected chi connectivity index (χ3v) is 3.90.